The van der Waals surface area contributed by atoms with Crippen molar-refractivity contribution in [3.05, 3.63) is 36.0 Å². The fraction of sp³-hybridized carbons (Fsp3) is 0.583. The second kappa shape index (κ2) is 8.35. The summed E-state index contributed by atoms with van der Waals surface area (Å²) < 4.78 is 53.4. The summed E-state index contributed by atoms with van der Waals surface area (Å²) in [4.78, 5) is 14.3. The van der Waals surface area contributed by atoms with E-state index in [2.05, 4.69) is 19.4 Å². The van der Waals surface area contributed by atoms with Gasteiger partial charge in [-0.1, -0.05) is 0 Å². The van der Waals surface area contributed by atoms with Gasteiger partial charge in [0.05, 0.1) is 43.6 Å². The standard InChI is InChI=1S/C24H28F3N5O2/c25-24(26,27)19-12-29-21-18(19)10-16(11-28-21)20-13-31(22(30-20)17-14-34-15-17)5-4-23(2-1-3-23)32-6-8-33-9-7-32/h10-13,17H,1-9,14-15H2,(H,28,29). The molecule has 0 unspecified atom stereocenters. The molecule has 3 aromatic rings. The van der Waals surface area contributed by atoms with Crippen LogP contribution in [0.3, 0.4) is 0 Å². The van der Waals surface area contributed by atoms with Crippen LogP contribution in [-0.2, 0) is 22.2 Å². The number of aryl methyl sites for hydroxylation is 1. The topological polar surface area (TPSA) is 68.2 Å². The zero-order valence-electron chi connectivity index (χ0n) is 18.9. The van der Waals surface area contributed by atoms with Gasteiger partial charge in [-0.15, -0.1) is 0 Å². The van der Waals surface area contributed by atoms with Gasteiger partial charge in [0, 0.05) is 54.7 Å². The number of fused-ring (bicyclic) bond motifs is 1. The quantitative estimate of drug-likeness (QED) is 0.579. The Kier molecular flexibility index (Phi) is 5.42. The van der Waals surface area contributed by atoms with Gasteiger partial charge in [0.2, 0.25) is 0 Å². The second-order valence-corrected chi connectivity index (χ2v) is 9.66. The number of imidazole rings is 1. The van der Waals surface area contributed by atoms with Crippen LogP contribution in [0.15, 0.2) is 24.7 Å². The first-order chi connectivity index (χ1) is 16.4. The number of hydrogen-bond donors (Lipinski definition) is 1. The van der Waals surface area contributed by atoms with Crippen LogP contribution in [-0.4, -0.2) is 69.5 Å². The molecule has 0 spiro atoms. The number of ether oxygens (including phenoxy) is 2. The summed E-state index contributed by atoms with van der Waals surface area (Å²) in [6, 6.07) is 1.54. The van der Waals surface area contributed by atoms with Crippen molar-refractivity contribution >= 4 is 11.0 Å². The Labute approximate surface area is 195 Å². The van der Waals surface area contributed by atoms with Gasteiger partial charge in [0.25, 0.3) is 0 Å². The molecule has 0 aromatic carbocycles. The maximum atomic E-state index is 13.4. The highest BCUT2D eigenvalue weighted by atomic mass is 19.4. The van der Waals surface area contributed by atoms with Crippen LogP contribution in [0.1, 0.15) is 43.0 Å². The summed E-state index contributed by atoms with van der Waals surface area (Å²) in [5, 5.41) is 0.0637. The highest BCUT2D eigenvalue weighted by molar-refractivity contribution is 5.84. The summed E-state index contributed by atoms with van der Waals surface area (Å²) in [6.07, 6.45) is 4.77. The van der Waals surface area contributed by atoms with Crippen LogP contribution in [0.2, 0.25) is 0 Å². The Balaban J connectivity index is 1.30. The van der Waals surface area contributed by atoms with Crippen molar-refractivity contribution in [3.63, 3.8) is 0 Å². The van der Waals surface area contributed by atoms with Crippen molar-refractivity contribution in [1.82, 2.24) is 24.4 Å². The molecule has 3 aromatic heterocycles. The van der Waals surface area contributed by atoms with E-state index in [1.54, 1.807) is 6.20 Å². The largest absolute Gasteiger partial charge is 0.418 e. The zero-order chi connectivity index (χ0) is 23.3. The third-order valence-electron chi connectivity index (χ3n) is 7.73. The van der Waals surface area contributed by atoms with Gasteiger partial charge in [0.1, 0.15) is 11.5 Å². The molecule has 2 aliphatic heterocycles. The van der Waals surface area contributed by atoms with Crippen molar-refractivity contribution in [2.24, 2.45) is 0 Å². The number of H-pyrrole nitrogens is 1. The summed E-state index contributed by atoms with van der Waals surface area (Å²) in [6.45, 7) is 5.59. The number of rotatable bonds is 6. The molecule has 0 atom stereocenters. The van der Waals surface area contributed by atoms with Crippen LogP contribution >= 0.6 is 0 Å². The molecular weight excluding hydrogens is 447 g/mol. The van der Waals surface area contributed by atoms with E-state index < -0.39 is 11.7 Å². The summed E-state index contributed by atoms with van der Waals surface area (Å²) >= 11 is 0. The van der Waals surface area contributed by atoms with Crippen LogP contribution in [0, 0.1) is 0 Å². The average molecular weight is 476 g/mol. The fourth-order valence-electron chi connectivity index (χ4n) is 5.51. The monoisotopic (exact) mass is 475 g/mol. The molecule has 1 aliphatic carbocycles. The summed E-state index contributed by atoms with van der Waals surface area (Å²) in [5.41, 5.74) is 0.973. The van der Waals surface area contributed by atoms with Gasteiger partial charge in [-0.25, -0.2) is 9.97 Å². The molecular formula is C24H28F3N5O2. The third kappa shape index (κ3) is 3.81. The number of alkyl halides is 3. The molecule has 6 rings (SSSR count). The second-order valence-electron chi connectivity index (χ2n) is 9.66. The predicted molar refractivity (Wildman–Crippen MR) is 119 cm³/mol. The maximum Gasteiger partial charge on any atom is 0.418 e. The minimum Gasteiger partial charge on any atom is -0.380 e. The van der Waals surface area contributed by atoms with E-state index >= 15 is 0 Å². The van der Waals surface area contributed by atoms with Gasteiger partial charge in [0.15, 0.2) is 0 Å². The molecule has 34 heavy (non-hydrogen) atoms. The fourth-order valence-corrected chi connectivity index (χ4v) is 5.51. The number of hydrogen-bond acceptors (Lipinski definition) is 5. The van der Waals surface area contributed by atoms with E-state index in [9.17, 15) is 13.2 Å². The Hall–Kier alpha value is -2.43. The van der Waals surface area contributed by atoms with Crippen molar-refractivity contribution in [3.8, 4) is 11.3 Å². The van der Waals surface area contributed by atoms with E-state index in [0.29, 0.717) is 24.5 Å². The molecule has 0 bridgehead atoms. The van der Waals surface area contributed by atoms with Crippen LogP contribution in [0.5, 0.6) is 0 Å². The molecule has 10 heteroatoms. The number of halogens is 3. The van der Waals surface area contributed by atoms with Crippen molar-refractivity contribution in [2.45, 2.75) is 49.9 Å². The lowest BCUT2D eigenvalue weighted by atomic mass is 9.72. The summed E-state index contributed by atoms with van der Waals surface area (Å²) in [7, 11) is 0. The average Bonchev–Trinajstić information content (AvgIpc) is 3.36. The minimum absolute atomic E-state index is 0.0637. The van der Waals surface area contributed by atoms with Crippen LogP contribution < -0.4 is 0 Å². The first-order valence-corrected chi connectivity index (χ1v) is 12.0. The highest BCUT2D eigenvalue weighted by Crippen LogP contribution is 2.42. The lowest BCUT2D eigenvalue weighted by Gasteiger charge is -2.52. The van der Waals surface area contributed by atoms with Gasteiger partial charge < -0.3 is 19.0 Å². The van der Waals surface area contributed by atoms with Crippen molar-refractivity contribution in [2.75, 3.05) is 39.5 Å². The number of pyridine rings is 1. The number of aromatic amines is 1. The zero-order valence-corrected chi connectivity index (χ0v) is 18.9. The van der Waals surface area contributed by atoms with Crippen LogP contribution in [0.25, 0.3) is 22.3 Å². The number of nitrogens with zero attached hydrogens (tertiary/aromatic N) is 4. The van der Waals surface area contributed by atoms with Crippen molar-refractivity contribution < 1.29 is 22.6 Å². The van der Waals surface area contributed by atoms with Gasteiger partial charge in [-0.2, -0.15) is 13.2 Å². The van der Waals surface area contributed by atoms with E-state index in [1.807, 2.05) is 6.20 Å². The third-order valence-corrected chi connectivity index (χ3v) is 7.73. The molecule has 3 fully saturated rings. The molecule has 7 nitrogen and oxygen atoms in total. The number of nitrogens with one attached hydrogen (secondary N) is 1. The molecule has 3 aliphatic rings. The van der Waals surface area contributed by atoms with Crippen LogP contribution in [0.4, 0.5) is 13.2 Å². The maximum absolute atomic E-state index is 13.4. The van der Waals surface area contributed by atoms with Gasteiger partial charge in [-0.3, -0.25) is 4.90 Å². The molecule has 5 heterocycles. The first kappa shape index (κ1) is 22.1. The van der Waals surface area contributed by atoms with E-state index in [4.69, 9.17) is 14.5 Å². The molecule has 182 valence electrons. The lowest BCUT2D eigenvalue weighted by molar-refractivity contribution is -0.136. The number of morpholine rings is 1. The lowest BCUT2D eigenvalue weighted by Crippen LogP contribution is -2.57. The molecule has 1 N–H and O–H groups in total. The van der Waals surface area contributed by atoms with E-state index in [1.165, 1.54) is 25.3 Å². The Morgan fingerprint density at radius 1 is 1.15 bits per heavy atom. The van der Waals surface area contributed by atoms with E-state index in [-0.39, 0.29) is 22.5 Å². The SMILES string of the molecule is FC(F)(F)c1c[nH]c2ncc(-c3cn(CCC4(N5CCOCC5)CCC4)c(C4COC4)n3)cc12. The Bertz CT molecular complexity index is 1170. The molecule has 0 amide bonds. The van der Waals surface area contributed by atoms with E-state index in [0.717, 1.165) is 51.3 Å². The molecule has 1 saturated carbocycles. The summed E-state index contributed by atoms with van der Waals surface area (Å²) in [5.74, 6) is 1.16. The van der Waals surface area contributed by atoms with Gasteiger partial charge >= 0.3 is 6.18 Å². The predicted octanol–water partition coefficient (Wildman–Crippen LogP) is 4.20. The Morgan fingerprint density at radius 3 is 2.59 bits per heavy atom. The smallest absolute Gasteiger partial charge is 0.380 e. The van der Waals surface area contributed by atoms with Crippen molar-refractivity contribution in [1.29, 1.82) is 0 Å². The highest BCUT2D eigenvalue weighted by Gasteiger charge is 2.42. The molecule has 0 radical (unpaired) electrons. The Morgan fingerprint density at radius 2 is 1.94 bits per heavy atom. The number of aromatic nitrogens is 4. The normalized spacial score (nSPS) is 21.5. The minimum atomic E-state index is -4.44. The van der Waals surface area contributed by atoms with Gasteiger partial charge in [-0.05, 0) is 31.7 Å². The molecule has 2 saturated heterocycles. The first-order valence-electron chi connectivity index (χ1n) is 12.0.